The number of hydrogen-bond donors (Lipinski definition) is 0. The SMILES string of the molecule is CN(c1ccc(OC(=O)C2CCCC2)cc1)S(=O)(=O)c1cccs1. The fourth-order valence-electron chi connectivity index (χ4n) is 2.77. The minimum Gasteiger partial charge on any atom is -0.426 e. The van der Waals surface area contributed by atoms with Gasteiger partial charge in [0, 0.05) is 7.05 Å². The smallest absolute Gasteiger partial charge is 0.314 e. The van der Waals surface area contributed by atoms with Crippen molar-refractivity contribution in [3.8, 4) is 5.75 Å². The molecule has 0 atom stereocenters. The number of carbonyl (C=O) groups excluding carboxylic acids is 1. The Balaban J connectivity index is 1.71. The number of ether oxygens (including phenoxy) is 1. The van der Waals surface area contributed by atoms with Crippen LogP contribution < -0.4 is 9.04 Å². The molecular weight excluding hydrogens is 346 g/mol. The largest absolute Gasteiger partial charge is 0.426 e. The topological polar surface area (TPSA) is 63.7 Å². The summed E-state index contributed by atoms with van der Waals surface area (Å²) < 4.78 is 31.9. The van der Waals surface area contributed by atoms with E-state index in [1.807, 2.05) is 0 Å². The standard InChI is InChI=1S/C17H19NO4S2/c1-18(24(20,21)16-7-4-12-23-16)14-8-10-15(11-9-14)22-17(19)13-5-2-3-6-13/h4,7-13H,2-3,5-6H2,1H3. The van der Waals surface area contributed by atoms with Crippen molar-refractivity contribution >= 4 is 33.0 Å². The first kappa shape index (κ1) is 17.0. The Hall–Kier alpha value is -1.86. The van der Waals surface area contributed by atoms with Crippen molar-refractivity contribution in [1.29, 1.82) is 0 Å². The molecule has 0 saturated heterocycles. The highest BCUT2D eigenvalue weighted by Gasteiger charge is 2.25. The van der Waals surface area contributed by atoms with Gasteiger partial charge in [0.05, 0.1) is 11.6 Å². The Morgan fingerprint density at radius 2 is 1.83 bits per heavy atom. The normalized spacial score (nSPS) is 15.4. The molecule has 0 N–H and O–H groups in total. The van der Waals surface area contributed by atoms with Gasteiger partial charge in [-0.25, -0.2) is 8.42 Å². The number of benzene rings is 1. The molecule has 1 aliphatic rings. The number of thiophene rings is 1. The molecule has 1 aliphatic carbocycles. The van der Waals surface area contributed by atoms with E-state index in [-0.39, 0.29) is 11.9 Å². The van der Waals surface area contributed by atoms with Gasteiger partial charge in [0.15, 0.2) is 0 Å². The van der Waals surface area contributed by atoms with Crippen LogP contribution in [-0.4, -0.2) is 21.4 Å². The molecular formula is C17H19NO4S2. The maximum absolute atomic E-state index is 12.5. The summed E-state index contributed by atoms with van der Waals surface area (Å²) in [6.45, 7) is 0. The van der Waals surface area contributed by atoms with Crippen molar-refractivity contribution in [3.05, 3.63) is 41.8 Å². The zero-order valence-corrected chi connectivity index (χ0v) is 15.0. The molecule has 24 heavy (non-hydrogen) atoms. The van der Waals surface area contributed by atoms with Crippen LogP contribution in [-0.2, 0) is 14.8 Å². The molecule has 3 rings (SSSR count). The summed E-state index contributed by atoms with van der Waals surface area (Å²) in [4.78, 5) is 12.0. The number of anilines is 1. The van der Waals surface area contributed by atoms with Crippen molar-refractivity contribution in [3.63, 3.8) is 0 Å². The highest BCUT2D eigenvalue weighted by atomic mass is 32.2. The molecule has 0 bridgehead atoms. The van der Waals surface area contributed by atoms with Crippen LogP contribution in [0.15, 0.2) is 46.0 Å². The van der Waals surface area contributed by atoms with Gasteiger partial charge >= 0.3 is 5.97 Å². The van der Waals surface area contributed by atoms with Gasteiger partial charge in [-0.2, -0.15) is 0 Å². The fourth-order valence-corrected chi connectivity index (χ4v) is 5.13. The number of rotatable bonds is 5. The molecule has 0 unspecified atom stereocenters. The van der Waals surface area contributed by atoms with Gasteiger partial charge in [-0.3, -0.25) is 9.10 Å². The Bertz CT molecular complexity index is 792. The first-order valence-electron chi connectivity index (χ1n) is 7.82. The number of nitrogens with zero attached hydrogens (tertiary/aromatic N) is 1. The zero-order valence-electron chi connectivity index (χ0n) is 13.3. The first-order chi connectivity index (χ1) is 11.5. The lowest BCUT2D eigenvalue weighted by atomic mass is 10.1. The van der Waals surface area contributed by atoms with Gasteiger partial charge in [0.25, 0.3) is 10.0 Å². The maximum Gasteiger partial charge on any atom is 0.314 e. The molecule has 0 spiro atoms. The van der Waals surface area contributed by atoms with Crippen molar-refractivity contribution in [1.82, 2.24) is 0 Å². The molecule has 7 heteroatoms. The van der Waals surface area contributed by atoms with Crippen LogP contribution in [0.2, 0.25) is 0 Å². The summed E-state index contributed by atoms with van der Waals surface area (Å²) in [5, 5.41) is 1.73. The predicted molar refractivity (Wildman–Crippen MR) is 93.9 cm³/mol. The molecule has 1 aromatic heterocycles. The zero-order chi connectivity index (χ0) is 17.2. The average molecular weight is 365 g/mol. The fraction of sp³-hybridized carbons (Fsp3) is 0.353. The van der Waals surface area contributed by atoms with Crippen LogP contribution in [0, 0.1) is 5.92 Å². The van der Waals surface area contributed by atoms with E-state index in [2.05, 4.69) is 0 Å². The van der Waals surface area contributed by atoms with Crippen molar-refractivity contribution in [2.24, 2.45) is 5.92 Å². The van der Waals surface area contributed by atoms with E-state index >= 15 is 0 Å². The first-order valence-corrected chi connectivity index (χ1v) is 10.1. The Morgan fingerprint density at radius 3 is 2.42 bits per heavy atom. The van der Waals surface area contributed by atoms with Crippen LogP contribution in [0.3, 0.4) is 0 Å². The van der Waals surface area contributed by atoms with E-state index in [0.717, 1.165) is 25.7 Å². The monoisotopic (exact) mass is 365 g/mol. The van der Waals surface area contributed by atoms with E-state index in [0.29, 0.717) is 15.6 Å². The highest BCUT2D eigenvalue weighted by molar-refractivity contribution is 7.94. The lowest BCUT2D eigenvalue weighted by molar-refractivity contribution is -0.138. The third-order valence-corrected chi connectivity index (χ3v) is 7.38. The van der Waals surface area contributed by atoms with Crippen LogP contribution in [0.5, 0.6) is 5.75 Å². The maximum atomic E-state index is 12.5. The van der Waals surface area contributed by atoms with E-state index in [1.54, 1.807) is 41.8 Å². The summed E-state index contributed by atoms with van der Waals surface area (Å²) in [6.07, 6.45) is 3.92. The van der Waals surface area contributed by atoms with Crippen LogP contribution in [0.25, 0.3) is 0 Å². The molecule has 1 aromatic carbocycles. The lowest BCUT2D eigenvalue weighted by Crippen LogP contribution is -2.25. The van der Waals surface area contributed by atoms with Crippen LogP contribution >= 0.6 is 11.3 Å². The van der Waals surface area contributed by atoms with Crippen molar-refractivity contribution in [2.45, 2.75) is 29.9 Å². The Labute approximate surface area is 145 Å². The summed E-state index contributed by atoms with van der Waals surface area (Å²) in [7, 11) is -2.05. The molecule has 1 saturated carbocycles. The highest BCUT2D eigenvalue weighted by Crippen LogP contribution is 2.29. The second-order valence-corrected chi connectivity index (χ2v) is 8.94. The number of esters is 1. The number of carbonyl (C=O) groups is 1. The van der Waals surface area contributed by atoms with E-state index in [4.69, 9.17) is 4.74 Å². The van der Waals surface area contributed by atoms with Crippen molar-refractivity contribution < 1.29 is 17.9 Å². The second kappa shape index (κ2) is 6.94. The third kappa shape index (κ3) is 3.47. The summed E-state index contributed by atoms with van der Waals surface area (Å²) in [5.41, 5.74) is 0.518. The van der Waals surface area contributed by atoms with E-state index < -0.39 is 10.0 Å². The number of sulfonamides is 1. The second-order valence-electron chi connectivity index (χ2n) is 5.80. The minimum absolute atomic E-state index is 0.00782. The average Bonchev–Trinajstić information content (AvgIpc) is 3.28. The van der Waals surface area contributed by atoms with E-state index in [1.165, 1.54) is 22.7 Å². The Morgan fingerprint density at radius 1 is 1.17 bits per heavy atom. The third-order valence-electron chi connectivity index (χ3n) is 4.22. The van der Waals surface area contributed by atoms with Gasteiger partial charge in [0.2, 0.25) is 0 Å². The van der Waals surface area contributed by atoms with Gasteiger partial charge in [-0.15, -0.1) is 11.3 Å². The van der Waals surface area contributed by atoms with Crippen LogP contribution in [0.4, 0.5) is 5.69 Å². The molecule has 0 aliphatic heterocycles. The molecule has 1 fully saturated rings. The van der Waals surface area contributed by atoms with Crippen molar-refractivity contribution in [2.75, 3.05) is 11.4 Å². The van der Waals surface area contributed by atoms with Crippen LogP contribution in [0.1, 0.15) is 25.7 Å². The quantitative estimate of drug-likeness (QED) is 0.599. The molecule has 1 heterocycles. The molecule has 0 amide bonds. The minimum atomic E-state index is -3.55. The lowest BCUT2D eigenvalue weighted by Gasteiger charge is -2.18. The molecule has 5 nitrogen and oxygen atoms in total. The number of hydrogen-bond acceptors (Lipinski definition) is 5. The molecule has 2 aromatic rings. The summed E-state index contributed by atoms with van der Waals surface area (Å²) in [6, 6.07) is 9.82. The van der Waals surface area contributed by atoms with E-state index in [9.17, 15) is 13.2 Å². The summed E-state index contributed by atoms with van der Waals surface area (Å²) >= 11 is 1.18. The van der Waals surface area contributed by atoms with Gasteiger partial charge in [-0.05, 0) is 48.6 Å². The Kier molecular flexibility index (Phi) is 4.91. The molecule has 128 valence electrons. The van der Waals surface area contributed by atoms with Gasteiger partial charge in [-0.1, -0.05) is 18.9 Å². The summed E-state index contributed by atoms with van der Waals surface area (Å²) in [5.74, 6) is 0.240. The van der Waals surface area contributed by atoms with Gasteiger partial charge < -0.3 is 4.74 Å². The molecule has 0 radical (unpaired) electrons. The van der Waals surface area contributed by atoms with Gasteiger partial charge in [0.1, 0.15) is 9.96 Å². The predicted octanol–water partition coefficient (Wildman–Crippen LogP) is 3.67.